The van der Waals surface area contributed by atoms with Crippen molar-refractivity contribution in [1.82, 2.24) is 9.97 Å². The molecule has 0 atom stereocenters. The maximum atomic E-state index is 11.0. The number of carbonyl (C=O) groups excluding carboxylic acids is 1. The number of benzene rings is 1. The number of nitrogens with zero attached hydrogens (tertiary/aromatic N) is 1. The molecule has 0 saturated heterocycles. The highest BCUT2D eigenvalue weighted by molar-refractivity contribution is 5.94. The summed E-state index contributed by atoms with van der Waals surface area (Å²) < 4.78 is 0. The Morgan fingerprint density at radius 1 is 1.38 bits per heavy atom. The van der Waals surface area contributed by atoms with E-state index in [4.69, 9.17) is 11.5 Å². The molecule has 0 saturated carbocycles. The number of H-pyrrole nitrogens is 1. The van der Waals surface area contributed by atoms with E-state index in [1.165, 1.54) is 0 Å². The average molecular weight is 239 g/mol. The van der Waals surface area contributed by atoms with Crippen LogP contribution in [0.2, 0.25) is 0 Å². The lowest BCUT2D eigenvalue weighted by atomic mass is 10.1. The Balaban J connectivity index is 0.00000128. The standard InChI is InChI=1S/C10H10N4O.ClH/c11-9(15)7-3-1-2-6(4-7)8-5-13-10(12)14-8;/h1-5H,(H2,11,15)(H3,12,13,14);1H. The van der Waals surface area contributed by atoms with E-state index in [2.05, 4.69) is 9.97 Å². The van der Waals surface area contributed by atoms with Gasteiger partial charge in [0.2, 0.25) is 5.91 Å². The Labute approximate surface area is 98.3 Å². The van der Waals surface area contributed by atoms with E-state index in [0.29, 0.717) is 11.5 Å². The molecule has 0 fully saturated rings. The predicted octanol–water partition coefficient (Wildman–Crippen LogP) is 1.18. The van der Waals surface area contributed by atoms with Gasteiger partial charge in [-0.05, 0) is 12.1 Å². The maximum absolute atomic E-state index is 11.0. The Kier molecular flexibility index (Phi) is 3.52. The summed E-state index contributed by atoms with van der Waals surface area (Å²) in [6, 6.07) is 6.95. The lowest BCUT2D eigenvalue weighted by Crippen LogP contribution is -2.10. The van der Waals surface area contributed by atoms with Gasteiger partial charge in [0.25, 0.3) is 0 Å². The third kappa shape index (κ3) is 2.32. The molecular weight excluding hydrogens is 228 g/mol. The number of nitrogen functional groups attached to an aromatic ring is 1. The van der Waals surface area contributed by atoms with Gasteiger partial charge in [0.15, 0.2) is 5.95 Å². The van der Waals surface area contributed by atoms with Gasteiger partial charge in [-0.3, -0.25) is 4.79 Å². The van der Waals surface area contributed by atoms with Crippen molar-refractivity contribution in [3.05, 3.63) is 36.0 Å². The minimum atomic E-state index is -0.454. The highest BCUT2D eigenvalue weighted by atomic mass is 35.5. The van der Waals surface area contributed by atoms with E-state index >= 15 is 0 Å². The zero-order valence-electron chi connectivity index (χ0n) is 8.31. The molecule has 0 radical (unpaired) electrons. The number of rotatable bonds is 2. The van der Waals surface area contributed by atoms with Crippen LogP contribution in [0.4, 0.5) is 5.95 Å². The van der Waals surface area contributed by atoms with Gasteiger partial charge in [-0.25, -0.2) is 4.98 Å². The van der Waals surface area contributed by atoms with Crippen molar-refractivity contribution in [2.45, 2.75) is 0 Å². The number of primary amides is 1. The molecule has 0 unspecified atom stereocenters. The van der Waals surface area contributed by atoms with Crippen molar-refractivity contribution in [3.63, 3.8) is 0 Å². The van der Waals surface area contributed by atoms with E-state index in [1.54, 1.807) is 24.4 Å². The van der Waals surface area contributed by atoms with Crippen molar-refractivity contribution in [2.75, 3.05) is 5.73 Å². The number of hydrogen-bond acceptors (Lipinski definition) is 3. The van der Waals surface area contributed by atoms with E-state index in [1.807, 2.05) is 6.07 Å². The molecule has 6 heteroatoms. The molecule has 1 aromatic carbocycles. The molecule has 0 aliphatic carbocycles. The summed E-state index contributed by atoms with van der Waals surface area (Å²) in [5.74, 6) is -0.112. The van der Waals surface area contributed by atoms with Crippen molar-refractivity contribution in [1.29, 1.82) is 0 Å². The normalized spacial score (nSPS) is 9.50. The molecule has 0 bridgehead atoms. The minimum absolute atomic E-state index is 0. The largest absolute Gasteiger partial charge is 0.369 e. The number of halogens is 1. The van der Waals surface area contributed by atoms with E-state index in [0.717, 1.165) is 11.3 Å². The summed E-state index contributed by atoms with van der Waals surface area (Å²) in [6.45, 7) is 0. The molecule has 1 aromatic heterocycles. The summed E-state index contributed by atoms with van der Waals surface area (Å²) >= 11 is 0. The van der Waals surface area contributed by atoms with Gasteiger partial charge < -0.3 is 16.5 Å². The Morgan fingerprint density at radius 2 is 2.12 bits per heavy atom. The second kappa shape index (κ2) is 4.67. The molecule has 1 amide bonds. The van der Waals surface area contributed by atoms with Gasteiger partial charge in [-0.1, -0.05) is 12.1 Å². The Bertz CT molecular complexity index is 509. The third-order valence-electron chi connectivity index (χ3n) is 2.05. The van der Waals surface area contributed by atoms with Gasteiger partial charge >= 0.3 is 0 Å². The molecule has 2 aromatic rings. The fourth-order valence-electron chi connectivity index (χ4n) is 1.32. The first-order valence-corrected chi connectivity index (χ1v) is 4.37. The molecule has 2 rings (SSSR count). The van der Waals surface area contributed by atoms with E-state index in [-0.39, 0.29) is 12.4 Å². The Hall–Kier alpha value is -2.01. The molecular formula is C10H11ClN4O. The van der Waals surface area contributed by atoms with Gasteiger partial charge in [0, 0.05) is 11.1 Å². The van der Waals surface area contributed by atoms with E-state index in [9.17, 15) is 4.79 Å². The molecule has 16 heavy (non-hydrogen) atoms. The number of hydrogen-bond donors (Lipinski definition) is 3. The van der Waals surface area contributed by atoms with Crippen LogP contribution in [-0.2, 0) is 0 Å². The summed E-state index contributed by atoms with van der Waals surface area (Å²) in [5, 5.41) is 0. The molecule has 84 valence electrons. The van der Waals surface area contributed by atoms with Gasteiger partial charge in [0.1, 0.15) is 0 Å². The average Bonchev–Trinajstić information content (AvgIpc) is 2.65. The van der Waals surface area contributed by atoms with Crippen LogP contribution >= 0.6 is 12.4 Å². The monoisotopic (exact) mass is 238 g/mol. The highest BCUT2D eigenvalue weighted by Gasteiger charge is 2.04. The van der Waals surface area contributed by atoms with Crippen molar-refractivity contribution in [2.24, 2.45) is 5.73 Å². The lowest BCUT2D eigenvalue weighted by Gasteiger charge is -1.99. The molecule has 0 spiro atoms. The number of aromatic nitrogens is 2. The predicted molar refractivity (Wildman–Crippen MR) is 64.2 cm³/mol. The van der Waals surface area contributed by atoms with Gasteiger partial charge in [-0.15, -0.1) is 12.4 Å². The van der Waals surface area contributed by atoms with Crippen LogP contribution in [0.25, 0.3) is 11.3 Å². The number of nitrogens with one attached hydrogen (secondary N) is 1. The van der Waals surface area contributed by atoms with Gasteiger partial charge in [-0.2, -0.15) is 0 Å². The smallest absolute Gasteiger partial charge is 0.248 e. The van der Waals surface area contributed by atoms with Crippen molar-refractivity contribution < 1.29 is 4.79 Å². The number of aromatic amines is 1. The van der Waals surface area contributed by atoms with Crippen LogP contribution in [0, 0.1) is 0 Å². The van der Waals surface area contributed by atoms with Crippen LogP contribution in [0.1, 0.15) is 10.4 Å². The number of imidazole rings is 1. The topological polar surface area (TPSA) is 97.8 Å². The first kappa shape index (κ1) is 12.1. The maximum Gasteiger partial charge on any atom is 0.248 e. The summed E-state index contributed by atoms with van der Waals surface area (Å²) in [5.41, 5.74) is 12.7. The van der Waals surface area contributed by atoms with Crippen LogP contribution in [0.5, 0.6) is 0 Å². The van der Waals surface area contributed by atoms with Crippen molar-refractivity contribution >= 4 is 24.3 Å². The third-order valence-corrected chi connectivity index (χ3v) is 2.05. The van der Waals surface area contributed by atoms with Crippen molar-refractivity contribution in [3.8, 4) is 11.3 Å². The van der Waals surface area contributed by atoms with Crippen LogP contribution < -0.4 is 11.5 Å². The molecule has 5 nitrogen and oxygen atoms in total. The molecule has 1 heterocycles. The van der Waals surface area contributed by atoms with Crippen LogP contribution in [0.3, 0.4) is 0 Å². The molecule has 0 aliphatic rings. The zero-order chi connectivity index (χ0) is 10.8. The van der Waals surface area contributed by atoms with Gasteiger partial charge in [0.05, 0.1) is 11.9 Å². The number of amides is 1. The summed E-state index contributed by atoms with van der Waals surface area (Å²) in [7, 11) is 0. The first-order chi connectivity index (χ1) is 7.16. The van der Waals surface area contributed by atoms with Crippen LogP contribution in [0.15, 0.2) is 30.5 Å². The quantitative estimate of drug-likeness (QED) is 0.733. The zero-order valence-corrected chi connectivity index (χ0v) is 9.12. The van der Waals surface area contributed by atoms with E-state index < -0.39 is 5.91 Å². The fourth-order valence-corrected chi connectivity index (χ4v) is 1.32. The van der Waals surface area contributed by atoms with Crippen LogP contribution in [-0.4, -0.2) is 15.9 Å². The second-order valence-corrected chi connectivity index (χ2v) is 3.13. The number of carbonyl (C=O) groups is 1. The summed E-state index contributed by atoms with van der Waals surface area (Å²) in [4.78, 5) is 17.7. The highest BCUT2D eigenvalue weighted by Crippen LogP contribution is 2.18. The number of nitrogens with two attached hydrogens (primary N) is 2. The Morgan fingerprint density at radius 3 is 2.69 bits per heavy atom. The molecule has 0 aliphatic heterocycles. The fraction of sp³-hybridized carbons (Fsp3) is 0. The SMILES string of the molecule is Cl.NC(=O)c1cccc(-c2cnc(N)[nH]2)c1. The lowest BCUT2D eigenvalue weighted by molar-refractivity contribution is 0.100. The second-order valence-electron chi connectivity index (χ2n) is 3.13. The summed E-state index contributed by atoms with van der Waals surface area (Å²) in [6.07, 6.45) is 1.61. The first-order valence-electron chi connectivity index (χ1n) is 4.37. The number of anilines is 1. The minimum Gasteiger partial charge on any atom is -0.369 e. The molecule has 5 N–H and O–H groups in total.